The molecule has 3 aromatic heterocycles. The molecule has 0 radical (unpaired) electrons. The van der Waals surface area contributed by atoms with Crippen molar-refractivity contribution in [1.82, 2.24) is 19.5 Å². The summed E-state index contributed by atoms with van der Waals surface area (Å²) in [5.41, 5.74) is 3.13. The Morgan fingerprint density at radius 1 is 1.26 bits per heavy atom. The Morgan fingerprint density at radius 2 is 2.19 bits per heavy atom. The Balaban J connectivity index is 1.50. The summed E-state index contributed by atoms with van der Waals surface area (Å²) in [6.45, 7) is 2.99. The highest BCUT2D eigenvalue weighted by atomic mass is 32.1. The fourth-order valence-electron chi connectivity index (χ4n) is 3.96. The van der Waals surface area contributed by atoms with E-state index in [9.17, 15) is 0 Å². The van der Waals surface area contributed by atoms with Crippen LogP contribution >= 0.6 is 11.3 Å². The normalized spacial score (nSPS) is 18.3. The minimum Gasteiger partial charge on any atom is -0.476 e. The van der Waals surface area contributed by atoms with Crippen LogP contribution in [0.2, 0.25) is 0 Å². The lowest BCUT2D eigenvalue weighted by molar-refractivity contribution is 0.146. The summed E-state index contributed by atoms with van der Waals surface area (Å²) in [4.78, 5) is 6.91. The molecule has 1 fully saturated rings. The van der Waals surface area contributed by atoms with E-state index in [2.05, 4.69) is 51.7 Å². The van der Waals surface area contributed by atoms with Crippen molar-refractivity contribution >= 4 is 27.1 Å². The van der Waals surface area contributed by atoms with Gasteiger partial charge in [-0.25, -0.2) is 9.50 Å². The van der Waals surface area contributed by atoms with Gasteiger partial charge < -0.3 is 9.64 Å². The Hall–Kier alpha value is -2.44. The van der Waals surface area contributed by atoms with Crippen molar-refractivity contribution < 1.29 is 4.74 Å². The smallest absolute Gasteiger partial charge is 0.232 e. The number of likely N-dealkylation sites (tertiary alicyclic amines) is 1. The van der Waals surface area contributed by atoms with Crippen LogP contribution in [-0.4, -0.2) is 46.2 Å². The van der Waals surface area contributed by atoms with Gasteiger partial charge in [0.25, 0.3) is 0 Å². The first-order valence-corrected chi connectivity index (χ1v) is 10.3. The van der Waals surface area contributed by atoms with Crippen molar-refractivity contribution in [2.24, 2.45) is 5.92 Å². The number of hydrogen-bond acceptors (Lipinski definition) is 5. The molecule has 0 saturated carbocycles. The number of benzene rings is 1. The largest absolute Gasteiger partial charge is 0.476 e. The molecule has 27 heavy (non-hydrogen) atoms. The SMILES string of the molecule is CN1CCCC(COc2cc(-c3csc4ccccc34)c3nccn3n2)C1. The molecule has 0 aliphatic carbocycles. The van der Waals surface area contributed by atoms with Crippen LogP contribution in [0.1, 0.15) is 12.8 Å². The molecule has 4 aromatic rings. The molecular formula is C21H22N4OS. The first-order chi connectivity index (χ1) is 13.3. The predicted octanol–water partition coefficient (Wildman–Crippen LogP) is 4.33. The Labute approximate surface area is 162 Å². The maximum absolute atomic E-state index is 6.14. The molecule has 0 bridgehead atoms. The molecule has 1 aromatic carbocycles. The highest BCUT2D eigenvalue weighted by Gasteiger charge is 2.19. The number of aromatic nitrogens is 3. The van der Waals surface area contributed by atoms with E-state index in [1.165, 1.54) is 35.0 Å². The molecule has 1 aliphatic rings. The molecule has 6 heteroatoms. The molecule has 4 heterocycles. The summed E-state index contributed by atoms with van der Waals surface area (Å²) in [5, 5.41) is 8.06. The molecule has 0 spiro atoms. The zero-order chi connectivity index (χ0) is 18.2. The van der Waals surface area contributed by atoms with E-state index in [0.717, 1.165) is 17.8 Å². The predicted molar refractivity (Wildman–Crippen MR) is 110 cm³/mol. The standard InChI is InChI=1S/C21H22N4OS/c1-24-9-4-5-15(12-24)13-26-20-11-17(21-22-8-10-25(21)23-20)18-14-27-19-7-3-2-6-16(18)19/h2-3,6-8,10-11,14-15H,4-5,9,12-13H2,1H3. The van der Waals surface area contributed by atoms with Crippen LogP contribution in [0.4, 0.5) is 0 Å². The van der Waals surface area contributed by atoms with Gasteiger partial charge in [-0.2, -0.15) is 0 Å². The zero-order valence-corrected chi connectivity index (χ0v) is 16.2. The first kappa shape index (κ1) is 16.7. The quantitative estimate of drug-likeness (QED) is 0.530. The maximum atomic E-state index is 6.14. The van der Waals surface area contributed by atoms with Gasteiger partial charge in [0.1, 0.15) is 0 Å². The van der Waals surface area contributed by atoms with Crippen molar-refractivity contribution in [3.8, 4) is 17.0 Å². The van der Waals surface area contributed by atoms with Crippen LogP contribution in [0.15, 0.2) is 48.1 Å². The summed E-state index contributed by atoms with van der Waals surface area (Å²) in [6.07, 6.45) is 6.14. The van der Waals surface area contributed by atoms with Crippen LogP contribution in [-0.2, 0) is 0 Å². The van der Waals surface area contributed by atoms with Crippen molar-refractivity contribution in [2.75, 3.05) is 26.7 Å². The minimum atomic E-state index is 0.564. The van der Waals surface area contributed by atoms with Crippen molar-refractivity contribution in [2.45, 2.75) is 12.8 Å². The Kier molecular flexibility index (Phi) is 4.30. The Bertz CT molecular complexity index is 1090. The summed E-state index contributed by atoms with van der Waals surface area (Å²) in [5.74, 6) is 1.23. The molecular weight excluding hydrogens is 356 g/mol. The lowest BCUT2D eigenvalue weighted by Crippen LogP contribution is -2.34. The third kappa shape index (κ3) is 3.19. The van der Waals surface area contributed by atoms with Crippen molar-refractivity contribution in [3.63, 3.8) is 0 Å². The molecule has 5 nitrogen and oxygen atoms in total. The number of rotatable bonds is 4. The molecule has 0 amide bonds. The molecule has 5 rings (SSSR count). The van der Waals surface area contributed by atoms with Crippen LogP contribution < -0.4 is 4.74 Å². The second-order valence-corrected chi connectivity index (χ2v) is 8.23. The summed E-state index contributed by atoms with van der Waals surface area (Å²) < 4.78 is 9.24. The van der Waals surface area contributed by atoms with Crippen molar-refractivity contribution in [3.05, 3.63) is 48.1 Å². The number of hydrogen-bond donors (Lipinski definition) is 0. The van der Waals surface area contributed by atoms with Gasteiger partial charge >= 0.3 is 0 Å². The van der Waals surface area contributed by atoms with E-state index in [1.54, 1.807) is 17.5 Å². The van der Waals surface area contributed by atoms with Crippen LogP contribution in [0.25, 0.3) is 26.9 Å². The number of ether oxygens (including phenoxy) is 1. The van der Waals surface area contributed by atoms with Crippen LogP contribution in [0.5, 0.6) is 5.88 Å². The molecule has 1 saturated heterocycles. The topological polar surface area (TPSA) is 42.7 Å². The average Bonchev–Trinajstić information content (AvgIpc) is 3.33. The second kappa shape index (κ2) is 6.94. The van der Waals surface area contributed by atoms with Crippen LogP contribution in [0, 0.1) is 5.92 Å². The third-order valence-electron chi connectivity index (χ3n) is 5.30. The lowest BCUT2D eigenvalue weighted by atomic mass is 10.00. The van der Waals surface area contributed by atoms with Gasteiger partial charge in [0, 0.05) is 52.1 Å². The monoisotopic (exact) mass is 378 g/mol. The Morgan fingerprint density at radius 3 is 3.11 bits per heavy atom. The third-order valence-corrected chi connectivity index (χ3v) is 6.26. The fraction of sp³-hybridized carbons (Fsp3) is 0.333. The van der Waals surface area contributed by atoms with E-state index in [0.29, 0.717) is 18.4 Å². The van der Waals surface area contributed by atoms with Gasteiger partial charge in [-0.3, -0.25) is 0 Å². The van der Waals surface area contributed by atoms with E-state index in [1.807, 2.05) is 16.8 Å². The number of fused-ring (bicyclic) bond motifs is 2. The molecule has 1 aliphatic heterocycles. The maximum Gasteiger partial charge on any atom is 0.232 e. The molecule has 0 N–H and O–H groups in total. The fourth-order valence-corrected chi connectivity index (χ4v) is 4.92. The van der Waals surface area contributed by atoms with E-state index in [4.69, 9.17) is 4.74 Å². The highest BCUT2D eigenvalue weighted by Crippen LogP contribution is 2.36. The first-order valence-electron chi connectivity index (χ1n) is 9.40. The number of piperidine rings is 1. The van der Waals surface area contributed by atoms with Crippen molar-refractivity contribution in [1.29, 1.82) is 0 Å². The van der Waals surface area contributed by atoms with Crippen LogP contribution in [0.3, 0.4) is 0 Å². The minimum absolute atomic E-state index is 0.564. The van der Waals surface area contributed by atoms with E-state index in [-0.39, 0.29) is 0 Å². The zero-order valence-electron chi connectivity index (χ0n) is 15.3. The summed E-state index contributed by atoms with van der Waals surface area (Å²) in [7, 11) is 2.18. The van der Waals surface area contributed by atoms with Gasteiger partial charge in [-0.1, -0.05) is 18.2 Å². The number of imidazole rings is 1. The summed E-state index contributed by atoms with van der Waals surface area (Å²) in [6, 6.07) is 10.5. The second-order valence-electron chi connectivity index (χ2n) is 7.32. The van der Waals surface area contributed by atoms with Gasteiger partial charge in [0.05, 0.1) is 6.61 Å². The van der Waals surface area contributed by atoms with Gasteiger partial charge in [-0.05, 0) is 37.9 Å². The van der Waals surface area contributed by atoms with Gasteiger partial charge in [-0.15, -0.1) is 16.4 Å². The van der Waals surface area contributed by atoms with Gasteiger partial charge in [0.15, 0.2) is 5.65 Å². The average molecular weight is 379 g/mol. The molecule has 138 valence electrons. The lowest BCUT2D eigenvalue weighted by Gasteiger charge is -2.29. The highest BCUT2D eigenvalue weighted by molar-refractivity contribution is 7.17. The van der Waals surface area contributed by atoms with E-state index < -0.39 is 0 Å². The molecule has 1 unspecified atom stereocenters. The summed E-state index contributed by atoms with van der Waals surface area (Å²) >= 11 is 1.76. The van der Waals surface area contributed by atoms with E-state index >= 15 is 0 Å². The molecule has 1 atom stereocenters. The number of nitrogens with zero attached hydrogens (tertiary/aromatic N) is 4. The number of thiophene rings is 1. The van der Waals surface area contributed by atoms with Gasteiger partial charge in [0.2, 0.25) is 5.88 Å².